The number of ether oxygens (including phenoxy) is 2. The minimum Gasteiger partial charge on any atom is -0.462 e. The first-order chi connectivity index (χ1) is 7.24. The van der Waals surface area contributed by atoms with E-state index in [1.165, 1.54) is 26.2 Å². The Morgan fingerprint density at radius 3 is 2.93 bits per heavy atom. The molecule has 0 amide bonds. The van der Waals surface area contributed by atoms with Crippen LogP contribution in [0.3, 0.4) is 0 Å². The van der Waals surface area contributed by atoms with E-state index in [4.69, 9.17) is 9.47 Å². The van der Waals surface area contributed by atoms with E-state index in [1.807, 2.05) is 0 Å². The summed E-state index contributed by atoms with van der Waals surface area (Å²) in [6.45, 7) is 5.16. The standard InChI is InChI=1S/C12H22O3/c1-3-4-5-6-11-9-14-8-7-12(11)15-10(2)13/h11-12H,3-9H2,1-2H3/t11-,12+/m0/s1. The van der Waals surface area contributed by atoms with Gasteiger partial charge in [0.05, 0.1) is 13.2 Å². The van der Waals surface area contributed by atoms with Crippen LogP contribution >= 0.6 is 0 Å². The quantitative estimate of drug-likeness (QED) is 0.521. The molecular formula is C12H22O3. The van der Waals surface area contributed by atoms with Gasteiger partial charge in [0, 0.05) is 19.3 Å². The van der Waals surface area contributed by atoms with Gasteiger partial charge in [-0.3, -0.25) is 4.79 Å². The van der Waals surface area contributed by atoms with E-state index in [0.29, 0.717) is 5.92 Å². The van der Waals surface area contributed by atoms with Gasteiger partial charge in [0.2, 0.25) is 0 Å². The van der Waals surface area contributed by atoms with E-state index in [9.17, 15) is 4.79 Å². The number of unbranched alkanes of at least 4 members (excludes halogenated alkanes) is 2. The van der Waals surface area contributed by atoms with Crippen molar-refractivity contribution in [1.82, 2.24) is 0 Å². The van der Waals surface area contributed by atoms with Gasteiger partial charge in [0.25, 0.3) is 0 Å². The van der Waals surface area contributed by atoms with Gasteiger partial charge in [-0.05, 0) is 6.42 Å². The van der Waals surface area contributed by atoms with Crippen molar-refractivity contribution >= 4 is 5.97 Å². The highest BCUT2D eigenvalue weighted by Gasteiger charge is 2.27. The number of hydrogen-bond donors (Lipinski definition) is 0. The molecule has 0 saturated carbocycles. The Hall–Kier alpha value is -0.570. The second-order valence-electron chi connectivity index (χ2n) is 4.27. The van der Waals surface area contributed by atoms with Crippen LogP contribution < -0.4 is 0 Å². The average Bonchev–Trinajstić information content (AvgIpc) is 2.20. The van der Waals surface area contributed by atoms with Gasteiger partial charge in [0.15, 0.2) is 0 Å². The third-order valence-corrected chi connectivity index (χ3v) is 2.90. The summed E-state index contributed by atoms with van der Waals surface area (Å²) in [7, 11) is 0. The van der Waals surface area contributed by atoms with Crippen molar-refractivity contribution in [1.29, 1.82) is 0 Å². The first-order valence-electron chi connectivity index (χ1n) is 5.99. The van der Waals surface area contributed by atoms with Crippen LogP contribution in [0.1, 0.15) is 46.0 Å². The molecule has 0 aromatic heterocycles. The normalized spacial score (nSPS) is 26.3. The Labute approximate surface area is 92.1 Å². The van der Waals surface area contributed by atoms with Crippen molar-refractivity contribution in [2.45, 2.75) is 52.1 Å². The molecular weight excluding hydrogens is 192 g/mol. The number of carbonyl (C=O) groups is 1. The molecule has 3 nitrogen and oxygen atoms in total. The summed E-state index contributed by atoms with van der Waals surface area (Å²) >= 11 is 0. The Balaban J connectivity index is 2.32. The van der Waals surface area contributed by atoms with Crippen LogP contribution in [0, 0.1) is 5.92 Å². The number of hydrogen-bond acceptors (Lipinski definition) is 3. The topological polar surface area (TPSA) is 35.5 Å². The van der Waals surface area contributed by atoms with Crippen LogP contribution in [-0.4, -0.2) is 25.3 Å². The molecule has 1 rings (SSSR count). The molecule has 1 aliphatic rings. The van der Waals surface area contributed by atoms with E-state index < -0.39 is 0 Å². The molecule has 0 N–H and O–H groups in total. The zero-order valence-electron chi connectivity index (χ0n) is 9.83. The van der Waals surface area contributed by atoms with E-state index >= 15 is 0 Å². The van der Waals surface area contributed by atoms with Crippen LogP contribution in [0.2, 0.25) is 0 Å². The predicted octanol–water partition coefficient (Wildman–Crippen LogP) is 2.53. The van der Waals surface area contributed by atoms with E-state index in [-0.39, 0.29) is 12.1 Å². The Bertz CT molecular complexity index is 191. The van der Waals surface area contributed by atoms with Gasteiger partial charge < -0.3 is 9.47 Å². The molecule has 88 valence electrons. The molecule has 1 fully saturated rings. The molecule has 0 radical (unpaired) electrons. The minimum atomic E-state index is -0.164. The Morgan fingerprint density at radius 1 is 1.47 bits per heavy atom. The molecule has 1 aliphatic heterocycles. The van der Waals surface area contributed by atoms with E-state index in [0.717, 1.165) is 26.1 Å². The van der Waals surface area contributed by atoms with Crippen molar-refractivity contribution in [2.75, 3.05) is 13.2 Å². The molecule has 15 heavy (non-hydrogen) atoms. The fourth-order valence-corrected chi connectivity index (χ4v) is 2.07. The van der Waals surface area contributed by atoms with Gasteiger partial charge in [-0.15, -0.1) is 0 Å². The highest BCUT2D eigenvalue weighted by atomic mass is 16.6. The first kappa shape index (κ1) is 12.5. The summed E-state index contributed by atoms with van der Waals surface area (Å²) < 4.78 is 10.7. The average molecular weight is 214 g/mol. The van der Waals surface area contributed by atoms with Crippen LogP contribution in [0.5, 0.6) is 0 Å². The Kier molecular flexibility index (Phi) is 5.69. The van der Waals surface area contributed by atoms with Crippen LogP contribution in [0.25, 0.3) is 0 Å². The van der Waals surface area contributed by atoms with Crippen molar-refractivity contribution in [3.05, 3.63) is 0 Å². The molecule has 2 atom stereocenters. The molecule has 1 heterocycles. The molecule has 3 heteroatoms. The van der Waals surface area contributed by atoms with Crippen molar-refractivity contribution < 1.29 is 14.3 Å². The second-order valence-corrected chi connectivity index (χ2v) is 4.27. The summed E-state index contributed by atoms with van der Waals surface area (Å²) in [5.41, 5.74) is 0. The highest BCUT2D eigenvalue weighted by molar-refractivity contribution is 5.66. The second kappa shape index (κ2) is 6.83. The van der Waals surface area contributed by atoms with Crippen LogP contribution in [0.15, 0.2) is 0 Å². The molecule has 0 spiro atoms. The predicted molar refractivity (Wildman–Crippen MR) is 58.6 cm³/mol. The monoisotopic (exact) mass is 214 g/mol. The molecule has 1 saturated heterocycles. The lowest BCUT2D eigenvalue weighted by Crippen LogP contribution is -2.35. The molecule has 0 aromatic rings. The largest absolute Gasteiger partial charge is 0.462 e. The fraction of sp³-hybridized carbons (Fsp3) is 0.917. The smallest absolute Gasteiger partial charge is 0.302 e. The summed E-state index contributed by atoms with van der Waals surface area (Å²) in [6, 6.07) is 0. The van der Waals surface area contributed by atoms with Crippen LogP contribution in [-0.2, 0) is 14.3 Å². The van der Waals surface area contributed by atoms with E-state index in [1.54, 1.807) is 0 Å². The number of rotatable bonds is 5. The lowest BCUT2D eigenvalue weighted by Gasteiger charge is -2.30. The summed E-state index contributed by atoms with van der Waals surface area (Å²) in [5, 5.41) is 0. The number of esters is 1. The molecule has 0 bridgehead atoms. The first-order valence-corrected chi connectivity index (χ1v) is 5.99. The van der Waals surface area contributed by atoms with Gasteiger partial charge in [0.1, 0.15) is 6.10 Å². The van der Waals surface area contributed by atoms with Crippen molar-refractivity contribution in [3.8, 4) is 0 Å². The summed E-state index contributed by atoms with van der Waals surface area (Å²) in [6.07, 6.45) is 5.76. The molecule has 0 aromatic carbocycles. The van der Waals surface area contributed by atoms with E-state index in [2.05, 4.69) is 6.92 Å². The molecule has 0 unspecified atom stereocenters. The maximum atomic E-state index is 10.9. The van der Waals surface area contributed by atoms with Gasteiger partial charge in [-0.25, -0.2) is 0 Å². The Morgan fingerprint density at radius 2 is 2.27 bits per heavy atom. The zero-order valence-corrected chi connectivity index (χ0v) is 9.83. The lowest BCUT2D eigenvalue weighted by molar-refractivity contribution is -0.156. The van der Waals surface area contributed by atoms with Gasteiger partial charge in [-0.1, -0.05) is 26.2 Å². The lowest BCUT2D eigenvalue weighted by atomic mass is 9.92. The zero-order chi connectivity index (χ0) is 11.1. The summed E-state index contributed by atoms with van der Waals surface area (Å²) in [5.74, 6) is 0.247. The summed E-state index contributed by atoms with van der Waals surface area (Å²) in [4.78, 5) is 10.9. The van der Waals surface area contributed by atoms with Crippen molar-refractivity contribution in [3.63, 3.8) is 0 Å². The van der Waals surface area contributed by atoms with Crippen molar-refractivity contribution in [2.24, 2.45) is 5.92 Å². The van der Waals surface area contributed by atoms with Gasteiger partial charge >= 0.3 is 5.97 Å². The number of carbonyl (C=O) groups excluding carboxylic acids is 1. The SMILES string of the molecule is CCCCC[C@H]1COCC[C@H]1OC(C)=O. The minimum absolute atomic E-state index is 0.0908. The third kappa shape index (κ3) is 4.65. The highest BCUT2D eigenvalue weighted by Crippen LogP contribution is 2.23. The maximum Gasteiger partial charge on any atom is 0.302 e. The third-order valence-electron chi connectivity index (χ3n) is 2.90. The molecule has 0 aliphatic carbocycles. The maximum absolute atomic E-state index is 10.9. The van der Waals surface area contributed by atoms with Gasteiger partial charge in [-0.2, -0.15) is 0 Å². The van der Waals surface area contributed by atoms with Crippen LogP contribution in [0.4, 0.5) is 0 Å². The fourth-order valence-electron chi connectivity index (χ4n) is 2.07.